The van der Waals surface area contributed by atoms with Crippen LogP contribution in [-0.4, -0.2) is 24.5 Å². The molecule has 0 unspecified atom stereocenters. The zero-order chi connectivity index (χ0) is 16.1. The molecule has 1 saturated carbocycles. The molecule has 1 aromatic rings. The largest absolute Gasteiger partial charge is 0.452 e. The van der Waals surface area contributed by atoms with Crippen molar-refractivity contribution in [2.24, 2.45) is 5.92 Å². The second kappa shape index (κ2) is 7.49. The van der Waals surface area contributed by atoms with Gasteiger partial charge in [-0.1, -0.05) is 31.4 Å². The van der Waals surface area contributed by atoms with Crippen LogP contribution in [-0.2, 0) is 9.53 Å². The average Bonchev–Trinajstić information content (AvgIpc) is 2.47. The van der Waals surface area contributed by atoms with Gasteiger partial charge in [0.15, 0.2) is 6.61 Å². The fourth-order valence-electron chi connectivity index (χ4n) is 2.71. The van der Waals surface area contributed by atoms with Gasteiger partial charge in [-0.25, -0.2) is 4.79 Å². The predicted molar refractivity (Wildman–Crippen MR) is 85.7 cm³/mol. The molecule has 1 fully saturated rings. The standard InChI is InChI=1S/C16H21ClN2O3/c1-10-4-2-3-5-14(10)19-15(20)9-22-16(21)12-7-6-11(17)8-13(12)18/h6-8,10,14H,2-5,9,18H2,1H3,(H,19,20)/t10-,14-/m0/s1. The van der Waals surface area contributed by atoms with Crippen LogP contribution in [0.5, 0.6) is 0 Å². The van der Waals surface area contributed by atoms with Gasteiger partial charge in [-0.15, -0.1) is 0 Å². The van der Waals surface area contributed by atoms with Crippen molar-refractivity contribution in [2.45, 2.75) is 38.6 Å². The van der Waals surface area contributed by atoms with Gasteiger partial charge in [0.2, 0.25) is 0 Å². The number of esters is 1. The summed E-state index contributed by atoms with van der Waals surface area (Å²) in [7, 11) is 0. The zero-order valence-electron chi connectivity index (χ0n) is 12.6. The smallest absolute Gasteiger partial charge is 0.340 e. The maximum Gasteiger partial charge on any atom is 0.340 e. The lowest BCUT2D eigenvalue weighted by atomic mass is 9.86. The van der Waals surface area contributed by atoms with Crippen LogP contribution in [0.3, 0.4) is 0 Å². The summed E-state index contributed by atoms with van der Waals surface area (Å²) >= 11 is 5.78. The summed E-state index contributed by atoms with van der Waals surface area (Å²) in [6.07, 6.45) is 4.42. The Hall–Kier alpha value is -1.75. The summed E-state index contributed by atoms with van der Waals surface area (Å²) in [6, 6.07) is 4.68. The maximum atomic E-state index is 11.9. The highest BCUT2D eigenvalue weighted by Crippen LogP contribution is 2.23. The summed E-state index contributed by atoms with van der Waals surface area (Å²) in [6.45, 7) is 1.83. The van der Waals surface area contributed by atoms with E-state index < -0.39 is 5.97 Å². The Balaban J connectivity index is 1.84. The molecule has 0 bridgehead atoms. The van der Waals surface area contributed by atoms with E-state index in [1.54, 1.807) is 6.07 Å². The minimum atomic E-state index is -0.624. The highest BCUT2D eigenvalue weighted by molar-refractivity contribution is 6.31. The minimum Gasteiger partial charge on any atom is -0.452 e. The van der Waals surface area contributed by atoms with Crippen molar-refractivity contribution in [1.29, 1.82) is 0 Å². The molecule has 0 aromatic heterocycles. The van der Waals surface area contributed by atoms with Gasteiger partial charge in [-0.2, -0.15) is 0 Å². The van der Waals surface area contributed by atoms with Crippen LogP contribution in [0, 0.1) is 5.92 Å². The fraction of sp³-hybridized carbons (Fsp3) is 0.500. The number of nitrogens with one attached hydrogen (secondary N) is 1. The van der Waals surface area contributed by atoms with Gasteiger partial charge in [-0.3, -0.25) is 4.79 Å². The first-order chi connectivity index (χ1) is 10.5. The van der Waals surface area contributed by atoms with Crippen molar-refractivity contribution in [3.05, 3.63) is 28.8 Å². The van der Waals surface area contributed by atoms with Crippen LogP contribution in [0.4, 0.5) is 5.69 Å². The summed E-state index contributed by atoms with van der Waals surface area (Å²) in [5.41, 5.74) is 6.16. The van der Waals surface area contributed by atoms with Crippen molar-refractivity contribution in [3.8, 4) is 0 Å². The molecule has 3 N–H and O–H groups in total. The quantitative estimate of drug-likeness (QED) is 0.659. The SMILES string of the molecule is C[C@H]1CCCC[C@@H]1NC(=O)COC(=O)c1ccc(Cl)cc1N. The van der Waals surface area contributed by atoms with Gasteiger partial charge in [0.05, 0.1) is 5.56 Å². The van der Waals surface area contributed by atoms with Gasteiger partial charge >= 0.3 is 5.97 Å². The number of benzene rings is 1. The lowest BCUT2D eigenvalue weighted by Gasteiger charge is -2.29. The summed E-state index contributed by atoms with van der Waals surface area (Å²) in [4.78, 5) is 23.8. The Morgan fingerprint density at radius 3 is 2.77 bits per heavy atom. The van der Waals surface area contributed by atoms with E-state index in [0.717, 1.165) is 19.3 Å². The Labute approximate surface area is 135 Å². The van der Waals surface area contributed by atoms with E-state index in [0.29, 0.717) is 10.9 Å². The first kappa shape index (κ1) is 16.6. The summed E-state index contributed by atoms with van der Waals surface area (Å²) in [5.74, 6) is -0.444. The monoisotopic (exact) mass is 324 g/mol. The van der Waals surface area contributed by atoms with Gasteiger partial charge < -0.3 is 15.8 Å². The van der Waals surface area contributed by atoms with Crippen LogP contribution in [0.1, 0.15) is 43.0 Å². The number of hydrogen-bond donors (Lipinski definition) is 2. The number of nitrogen functional groups attached to an aromatic ring is 1. The molecule has 1 amide bonds. The van der Waals surface area contributed by atoms with E-state index in [4.69, 9.17) is 22.1 Å². The molecule has 0 heterocycles. The lowest BCUT2D eigenvalue weighted by molar-refractivity contribution is -0.125. The fourth-order valence-corrected chi connectivity index (χ4v) is 2.89. The molecule has 120 valence electrons. The zero-order valence-corrected chi connectivity index (χ0v) is 13.4. The number of amides is 1. The third kappa shape index (κ3) is 4.37. The number of carbonyl (C=O) groups excluding carboxylic acids is 2. The van der Waals surface area contributed by atoms with Crippen LogP contribution in [0.2, 0.25) is 5.02 Å². The molecule has 6 heteroatoms. The van der Waals surface area contributed by atoms with E-state index >= 15 is 0 Å². The number of ether oxygens (including phenoxy) is 1. The molecule has 0 aliphatic heterocycles. The third-order valence-electron chi connectivity index (χ3n) is 4.03. The van der Waals surface area contributed by atoms with Crippen molar-refractivity contribution in [2.75, 3.05) is 12.3 Å². The van der Waals surface area contributed by atoms with Crippen molar-refractivity contribution < 1.29 is 14.3 Å². The van der Waals surface area contributed by atoms with Crippen LogP contribution in [0.25, 0.3) is 0 Å². The maximum absolute atomic E-state index is 11.9. The Kier molecular flexibility index (Phi) is 5.66. The van der Waals surface area contributed by atoms with Crippen LogP contribution >= 0.6 is 11.6 Å². The summed E-state index contributed by atoms with van der Waals surface area (Å²) in [5, 5.41) is 3.37. The van der Waals surface area contributed by atoms with E-state index in [1.165, 1.54) is 18.6 Å². The van der Waals surface area contributed by atoms with Gasteiger partial charge in [0.1, 0.15) is 0 Å². The Morgan fingerprint density at radius 2 is 2.09 bits per heavy atom. The van der Waals surface area contributed by atoms with E-state index in [-0.39, 0.29) is 29.8 Å². The molecule has 1 aliphatic carbocycles. The molecule has 2 atom stereocenters. The number of hydrogen-bond acceptors (Lipinski definition) is 4. The van der Waals surface area contributed by atoms with E-state index in [1.807, 2.05) is 0 Å². The van der Waals surface area contributed by atoms with Crippen molar-refractivity contribution >= 4 is 29.2 Å². The molecule has 1 aromatic carbocycles. The molecule has 5 nitrogen and oxygen atoms in total. The van der Waals surface area contributed by atoms with Gasteiger partial charge in [0, 0.05) is 16.8 Å². The Morgan fingerprint density at radius 1 is 1.36 bits per heavy atom. The minimum absolute atomic E-state index is 0.167. The van der Waals surface area contributed by atoms with Gasteiger partial charge in [0.25, 0.3) is 5.91 Å². The molecule has 1 aliphatic rings. The van der Waals surface area contributed by atoms with Gasteiger partial charge in [-0.05, 0) is 37.0 Å². The average molecular weight is 325 g/mol. The topological polar surface area (TPSA) is 81.4 Å². The number of rotatable bonds is 4. The normalized spacial score (nSPS) is 21.2. The molecule has 0 radical (unpaired) electrons. The number of nitrogens with two attached hydrogens (primary N) is 1. The van der Waals surface area contributed by atoms with E-state index in [9.17, 15) is 9.59 Å². The van der Waals surface area contributed by atoms with Crippen LogP contribution < -0.4 is 11.1 Å². The predicted octanol–water partition coefficient (Wildman–Crippen LogP) is 2.77. The number of halogens is 1. The first-order valence-electron chi connectivity index (χ1n) is 7.49. The molecule has 0 spiro atoms. The van der Waals surface area contributed by atoms with E-state index in [2.05, 4.69) is 12.2 Å². The highest BCUT2D eigenvalue weighted by atomic mass is 35.5. The molecule has 0 saturated heterocycles. The first-order valence-corrected chi connectivity index (χ1v) is 7.86. The number of anilines is 1. The lowest BCUT2D eigenvalue weighted by Crippen LogP contribution is -2.42. The number of carbonyl (C=O) groups is 2. The molecular weight excluding hydrogens is 304 g/mol. The second-order valence-electron chi connectivity index (χ2n) is 5.74. The Bertz CT molecular complexity index is 562. The van der Waals surface area contributed by atoms with Crippen LogP contribution in [0.15, 0.2) is 18.2 Å². The second-order valence-corrected chi connectivity index (χ2v) is 6.18. The molecular formula is C16H21ClN2O3. The molecule has 2 rings (SSSR count). The third-order valence-corrected chi connectivity index (χ3v) is 4.26. The van der Waals surface area contributed by atoms with Crippen molar-refractivity contribution in [1.82, 2.24) is 5.32 Å². The van der Waals surface area contributed by atoms with Crippen molar-refractivity contribution in [3.63, 3.8) is 0 Å². The summed E-state index contributed by atoms with van der Waals surface area (Å²) < 4.78 is 5.01. The molecule has 22 heavy (non-hydrogen) atoms. The highest BCUT2D eigenvalue weighted by Gasteiger charge is 2.23.